The van der Waals surface area contributed by atoms with Gasteiger partial charge in [-0.3, -0.25) is 0 Å². The van der Waals surface area contributed by atoms with Crippen LogP contribution in [0.5, 0.6) is 5.75 Å². The first-order valence-corrected chi connectivity index (χ1v) is 13.2. The van der Waals surface area contributed by atoms with E-state index in [-0.39, 0.29) is 11.5 Å². The molecule has 1 N–H and O–H groups in total. The van der Waals surface area contributed by atoms with Gasteiger partial charge in [-0.25, -0.2) is 22.6 Å². The SMILES string of the molecule is COc1cccc(-c2c(C)nn(-c3ccc(CCOC(=O)NS(=O)(=O)c4ccc(C)cc4)cc3)c2C)c1. The van der Waals surface area contributed by atoms with Crippen molar-refractivity contribution in [3.63, 3.8) is 0 Å². The van der Waals surface area contributed by atoms with E-state index in [1.807, 2.05) is 78.7 Å². The van der Waals surface area contributed by atoms with Gasteiger partial charge >= 0.3 is 6.09 Å². The van der Waals surface area contributed by atoms with Crippen LogP contribution >= 0.6 is 0 Å². The van der Waals surface area contributed by atoms with Crippen LogP contribution in [-0.4, -0.2) is 38.0 Å². The predicted molar refractivity (Wildman–Crippen MR) is 142 cm³/mol. The van der Waals surface area contributed by atoms with Gasteiger partial charge in [0.25, 0.3) is 10.0 Å². The van der Waals surface area contributed by atoms with Gasteiger partial charge in [-0.05, 0) is 68.3 Å². The van der Waals surface area contributed by atoms with Crippen LogP contribution in [0, 0.1) is 20.8 Å². The lowest BCUT2D eigenvalue weighted by Gasteiger charge is -2.09. The largest absolute Gasteiger partial charge is 0.497 e. The van der Waals surface area contributed by atoms with Crippen molar-refractivity contribution in [2.45, 2.75) is 32.1 Å². The third-order valence-electron chi connectivity index (χ3n) is 6.00. The Morgan fingerprint density at radius 2 is 1.68 bits per heavy atom. The van der Waals surface area contributed by atoms with Crippen molar-refractivity contribution >= 4 is 16.1 Å². The minimum Gasteiger partial charge on any atom is -0.497 e. The Hall–Kier alpha value is -4.11. The molecular formula is C28H29N3O5S. The number of hydrogen-bond acceptors (Lipinski definition) is 6. The maximum Gasteiger partial charge on any atom is 0.421 e. The molecule has 1 heterocycles. The molecule has 0 radical (unpaired) electrons. The summed E-state index contributed by atoms with van der Waals surface area (Å²) in [6.45, 7) is 5.89. The van der Waals surface area contributed by atoms with Gasteiger partial charge in [0.2, 0.25) is 0 Å². The van der Waals surface area contributed by atoms with Crippen molar-refractivity contribution in [1.29, 1.82) is 0 Å². The van der Waals surface area contributed by atoms with Gasteiger partial charge in [0.1, 0.15) is 5.75 Å². The number of nitrogens with zero attached hydrogens (tertiary/aromatic N) is 2. The molecular weight excluding hydrogens is 490 g/mol. The molecule has 0 spiro atoms. The average Bonchev–Trinajstić information content (AvgIpc) is 3.18. The summed E-state index contributed by atoms with van der Waals surface area (Å²) in [4.78, 5) is 12.0. The van der Waals surface area contributed by atoms with Gasteiger partial charge in [0.15, 0.2) is 0 Å². The van der Waals surface area contributed by atoms with E-state index in [2.05, 4.69) is 0 Å². The van der Waals surface area contributed by atoms with Gasteiger partial charge in [-0.2, -0.15) is 5.10 Å². The van der Waals surface area contributed by atoms with Crippen LogP contribution in [0.15, 0.2) is 77.7 Å². The summed E-state index contributed by atoms with van der Waals surface area (Å²) in [5.41, 5.74) is 6.78. The maximum atomic E-state index is 12.3. The zero-order valence-corrected chi connectivity index (χ0v) is 22.0. The third kappa shape index (κ3) is 6.00. The van der Waals surface area contributed by atoms with Crippen LogP contribution in [0.2, 0.25) is 0 Å². The van der Waals surface area contributed by atoms with Gasteiger partial charge in [0, 0.05) is 17.7 Å². The van der Waals surface area contributed by atoms with Gasteiger partial charge in [-0.15, -0.1) is 0 Å². The molecule has 3 aromatic carbocycles. The quantitative estimate of drug-likeness (QED) is 0.346. The highest BCUT2D eigenvalue weighted by atomic mass is 32.2. The maximum absolute atomic E-state index is 12.3. The Morgan fingerprint density at radius 3 is 2.35 bits per heavy atom. The molecule has 0 aliphatic carbocycles. The van der Waals surface area contributed by atoms with E-state index in [0.29, 0.717) is 6.42 Å². The smallest absolute Gasteiger partial charge is 0.421 e. The normalized spacial score (nSPS) is 11.2. The van der Waals surface area contributed by atoms with E-state index < -0.39 is 16.1 Å². The second-order valence-electron chi connectivity index (χ2n) is 8.66. The van der Waals surface area contributed by atoms with Crippen LogP contribution < -0.4 is 9.46 Å². The van der Waals surface area contributed by atoms with Crippen molar-refractivity contribution in [2.24, 2.45) is 0 Å². The lowest BCUT2D eigenvalue weighted by molar-refractivity contribution is 0.154. The number of carbonyl (C=O) groups excluding carboxylic acids is 1. The number of amides is 1. The number of hydrogen-bond donors (Lipinski definition) is 1. The fraction of sp³-hybridized carbons (Fsp3) is 0.214. The number of nitrogens with one attached hydrogen (secondary N) is 1. The van der Waals surface area contributed by atoms with Gasteiger partial charge in [-0.1, -0.05) is 42.0 Å². The number of aromatic nitrogens is 2. The monoisotopic (exact) mass is 519 g/mol. The summed E-state index contributed by atoms with van der Waals surface area (Å²) in [6, 6.07) is 21.9. The first kappa shape index (κ1) is 26.0. The number of rotatable bonds is 8. The molecule has 9 heteroatoms. The molecule has 0 aliphatic heterocycles. The highest BCUT2D eigenvalue weighted by Gasteiger charge is 2.18. The number of sulfonamides is 1. The minimum atomic E-state index is -3.98. The van der Waals surface area contributed by atoms with E-state index in [1.165, 1.54) is 12.1 Å². The van der Waals surface area contributed by atoms with Gasteiger partial charge in [0.05, 0.1) is 30.0 Å². The summed E-state index contributed by atoms with van der Waals surface area (Å²) < 4.78 is 38.9. The zero-order chi connectivity index (χ0) is 26.6. The number of benzene rings is 3. The molecule has 1 amide bonds. The van der Waals surface area contributed by atoms with E-state index >= 15 is 0 Å². The standard InChI is InChI=1S/C28H29N3O5S/c1-19-8-14-26(15-9-19)37(33,34)30-28(32)36-17-16-22-10-12-24(13-11-22)31-21(3)27(20(2)29-31)23-6-5-7-25(18-23)35-4/h5-15,18H,16-17H2,1-4H3,(H,30,32). The van der Waals surface area contributed by atoms with Crippen molar-refractivity contribution in [1.82, 2.24) is 14.5 Å². The molecule has 0 saturated carbocycles. The molecule has 0 atom stereocenters. The number of carbonyl (C=O) groups is 1. The third-order valence-corrected chi connectivity index (χ3v) is 7.33. The molecule has 0 aliphatic rings. The highest BCUT2D eigenvalue weighted by Crippen LogP contribution is 2.31. The van der Waals surface area contributed by atoms with E-state index in [4.69, 9.17) is 14.6 Å². The van der Waals surface area contributed by atoms with Crippen LogP contribution in [0.3, 0.4) is 0 Å². The van der Waals surface area contributed by atoms with Crippen molar-refractivity contribution in [3.8, 4) is 22.6 Å². The molecule has 37 heavy (non-hydrogen) atoms. The summed E-state index contributed by atoms with van der Waals surface area (Å²) >= 11 is 0. The van der Waals surface area contributed by atoms with Crippen LogP contribution in [-0.2, 0) is 21.2 Å². The summed E-state index contributed by atoms with van der Waals surface area (Å²) in [6.07, 6.45) is -0.574. The highest BCUT2D eigenvalue weighted by molar-refractivity contribution is 7.90. The Kier molecular flexibility index (Phi) is 7.63. The predicted octanol–water partition coefficient (Wildman–Crippen LogP) is 5.13. The Bertz CT molecular complexity index is 1510. The molecule has 8 nitrogen and oxygen atoms in total. The molecule has 0 bridgehead atoms. The van der Waals surface area contributed by atoms with Gasteiger partial charge < -0.3 is 9.47 Å². The molecule has 1 aromatic heterocycles. The molecule has 0 fully saturated rings. The van der Waals surface area contributed by atoms with E-state index in [1.54, 1.807) is 19.2 Å². The lowest BCUT2D eigenvalue weighted by atomic mass is 10.0. The summed E-state index contributed by atoms with van der Waals surface area (Å²) in [5, 5.41) is 4.73. The Labute approximate surface area is 216 Å². The van der Waals surface area contributed by atoms with Crippen molar-refractivity contribution in [3.05, 3.63) is 95.3 Å². The molecule has 4 aromatic rings. The number of aryl methyl sites for hydroxylation is 2. The minimum absolute atomic E-state index is 0.00403. The zero-order valence-electron chi connectivity index (χ0n) is 21.2. The number of ether oxygens (including phenoxy) is 2. The first-order valence-electron chi connectivity index (χ1n) is 11.7. The van der Waals surface area contributed by atoms with Crippen molar-refractivity contribution in [2.75, 3.05) is 13.7 Å². The van der Waals surface area contributed by atoms with Crippen LogP contribution in [0.25, 0.3) is 16.8 Å². The van der Waals surface area contributed by atoms with Crippen LogP contribution in [0.1, 0.15) is 22.5 Å². The molecule has 0 saturated heterocycles. The average molecular weight is 520 g/mol. The summed E-state index contributed by atoms with van der Waals surface area (Å²) in [5.74, 6) is 0.789. The first-order chi connectivity index (χ1) is 17.7. The summed E-state index contributed by atoms with van der Waals surface area (Å²) in [7, 11) is -2.33. The molecule has 4 rings (SSSR count). The Morgan fingerprint density at radius 1 is 0.973 bits per heavy atom. The second-order valence-corrected chi connectivity index (χ2v) is 10.3. The fourth-order valence-corrected chi connectivity index (χ4v) is 4.96. The Balaban J connectivity index is 1.37. The van der Waals surface area contributed by atoms with Crippen molar-refractivity contribution < 1.29 is 22.7 Å². The lowest BCUT2D eigenvalue weighted by Crippen LogP contribution is -2.31. The van der Waals surface area contributed by atoms with E-state index in [0.717, 1.165) is 45.1 Å². The molecule has 0 unspecified atom stereocenters. The van der Waals surface area contributed by atoms with Crippen LogP contribution in [0.4, 0.5) is 4.79 Å². The fourth-order valence-electron chi connectivity index (χ4n) is 4.07. The topological polar surface area (TPSA) is 99.5 Å². The second kappa shape index (κ2) is 10.9. The molecule has 192 valence electrons. The number of methoxy groups -OCH3 is 1. The van der Waals surface area contributed by atoms with E-state index in [9.17, 15) is 13.2 Å².